The second-order valence-corrected chi connectivity index (χ2v) is 5.37. The third kappa shape index (κ3) is 5.53. The van der Waals surface area contributed by atoms with E-state index in [0.29, 0.717) is 18.4 Å². The molecular formula is C15H24ClN3O4. The number of piperidine rings is 1. The average molecular weight is 346 g/mol. The number of ether oxygens (including phenoxy) is 2. The summed E-state index contributed by atoms with van der Waals surface area (Å²) in [5.41, 5.74) is -0.0638. The lowest BCUT2D eigenvalue weighted by molar-refractivity contribution is -0.385. The summed E-state index contributed by atoms with van der Waals surface area (Å²) in [7, 11) is 3.46. The molecule has 1 heterocycles. The van der Waals surface area contributed by atoms with Crippen LogP contribution in [-0.2, 0) is 0 Å². The molecular weight excluding hydrogens is 322 g/mol. The van der Waals surface area contributed by atoms with Crippen molar-refractivity contribution in [2.24, 2.45) is 0 Å². The van der Waals surface area contributed by atoms with E-state index in [1.54, 1.807) is 12.1 Å². The fourth-order valence-electron chi connectivity index (χ4n) is 2.67. The summed E-state index contributed by atoms with van der Waals surface area (Å²) in [5.74, 6) is 0.736. The standard InChI is InChI=1S/C15H23N3O4.ClH/c1-16-12-4-3-7-17(11-12)8-9-22-15-6-5-13(21-2)10-14(15)18(19)20;/h5-6,10,12,16H,3-4,7-9,11H2,1-2H3;1H. The minimum absolute atomic E-state index is 0. The maximum Gasteiger partial charge on any atom is 0.314 e. The van der Waals surface area contributed by atoms with Gasteiger partial charge in [0.05, 0.1) is 18.1 Å². The molecule has 0 spiro atoms. The van der Waals surface area contributed by atoms with Crippen LogP contribution in [0, 0.1) is 10.1 Å². The highest BCUT2D eigenvalue weighted by Crippen LogP contribution is 2.30. The number of likely N-dealkylation sites (N-methyl/N-ethyl adjacent to an activating group) is 1. The van der Waals surface area contributed by atoms with E-state index in [1.807, 2.05) is 7.05 Å². The van der Waals surface area contributed by atoms with Crippen molar-refractivity contribution < 1.29 is 14.4 Å². The van der Waals surface area contributed by atoms with Crippen molar-refractivity contribution >= 4 is 18.1 Å². The number of hydrogen-bond donors (Lipinski definition) is 1. The first-order valence-corrected chi connectivity index (χ1v) is 7.49. The Kier molecular flexibility index (Phi) is 8.08. The van der Waals surface area contributed by atoms with Crippen LogP contribution in [0.2, 0.25) is 0 Å². The van der Waals surface area contributed by atoms with Gasteiger partial charge in [0.25, 0.3) is 0 Å². The predicted molar refractivity (Wildman–Crippen MR) is 90.9 cm³/mol. The van der Waals surface area contributed by atoms with Gasteiger partial charge in [0.2, 0.25) is 0 Å². The lowest BCUT2D eigenvalue weighted by atomic mass is 10.1. The van der Waals surface area contributed by atoms with Gasteiger partial charge in [-0.25, -0.2) is 0 Å². The summed E-state index contributed by atoms with van der Waals surface area (Å²) in [6.07, 6.45) is 2.35. The fraction of sp³-hybridized carbons (Fsp3) is 0.600. The van der Waals surface area contributed by atoms with Gasteiger partial charge in [0.15, 0.2) is 5.75 Å². The highest BCUT2D eigenvalue weighted by atomic mass is 35.5. The first-order chi connectivity index (χ1) is 10.6. The number of nitrogens with one attached hydrogen (secondary N) is 1. The van der Waals surface area contributed by atoms with Gasteiger partial charge < -0.3 is 14.8 Å². The summed E-state index contributed by atoms with van der Waals surface area (Å²) in [6, 6.07) is 5.15. The highest BCUT2D eigenvalue weighted by molar-refractivity contribution is 5.85. The molecule has 7 nitrogen and oxygen atoms in total. The highest BCUT2D eigenvalue weighted by Gasteiger charge is 2.19. The van der Waals surface area contributed by atoms with Gasteiger partial charge in [0, 0.05) is 19.1 Å². The van der Waals surface area contributed by atoms with Gasteiger partial charge in [-0.2, -0.15) is 0 Å². The SMILES string of the molecule is CNC1CCCN(CCOc2ccc(OC)cc2[N+](=O)[O-])C1.Cl. The number of hydrogen-bond acceptors (Lipinski definition) is 6. The summed E-state index contributed by atoms with van der Waals surface area (Å²) >= 11 is 0. The number of nitrogens with zero attached hydrogens (tertiary/aromatic N) is 2. The molecule has 1 fully saturated rings. The number of nitro benzene ring substituents is 1. The normalized spacial score (nSPS) is 18.1. The number of likely N-dealkylation sites (tertiary alicyclic amines) is 1. The van der Waals surface area contributed by atoms with Crippen molar-refractivity contribution in [2.45, 2.75) is 18.9 Å². The third-order valence-electron chi connectivity index (χ3n) is 3.94. The fourth-order valence-corrected chi connectivity index (χ4v) is 2.67. The zero-order chi connectivity index (χ0) is 15.9. The Labute approximate surface area is 142 Å². The van der Waals surface area contributed by atoms with E-state index in [-0.39, 0.29) is 23.8 Å². The Hall–Kier alpha value is -1.57. The van der Waals surface area contributed by atoms with E-state index in [9.17, 15) is 10.1 Å². The molecule has 0 saturated carbocycles. The monoisotopic (exact) mass is 345 g/mol. The van der Waals surface area contributed by atoms with E-state index in [0.717, 1.165) is 26.1 Å². The Morgan fingerprint density at radius 3 is 2.91 bits per heavy atom. The molecule has 1 aromatic rings. The van der Waals surface area contributed by atoms with Crippen molar-refractivity contribution in [1.29, 1.82) is 0 Å². The molecule has 0 aliphatic carbocycles. The van der Waals surface area contributed by atoms with Crippen LogP contribution >= 0.6 is 12.4 Å². The van der Waals surface area contributed by atoms with Crippen molar-refractivity contribution in [3.05, 3.63) is 28.3 Å². The molecule has 1 aliphatic heterocycles. The van der Waals surface area contributed by atoms with Crippen molar-refractivity contribution in [2.75, 3.05) is 40.4 Å². The summed E-state index contributed by atoms with van der Waals surface area (Å²) in [5, 5.41) is 14.4. The van der Waals surface area contributed by atoms with E-state index in [1.165, 1.54) is 19.6 Å². The van der Waals surface area contributed by atoms with Crippen LogP contribution in [0.25, 0.3) is 0 Å². The Morgan fingerprint density at radius 1 is 1.48 bits per heavy atom. The molecule has 1 atom stereocenters. The first-order valence-electron chi connectivity index (χ1n) is 7.49. The molecule has 0 amide bonds. The number of methoxy groups -OCH3 is 1. The summed E-state index contributed by atoms with van der Waals surface area (Å²) in [6.45, 7) is 3.24. The molecule has 1 unspecified atom stereocenters. The van der Waals surface area contributed by atoms with Crippen LogP contribution < -0.4 is 14.8 Å². The second-order valence-electron chi connectivity index (χ2n) is 5.37. The minimum atomic E-state index is -0.449. The van der Waals surface area contributed by atoms with Crippen LogP contribution in [0.5, 0.6) is 11.5 Å². The van der Waals surface area contributed by atoms with Crippen LogP contribution in [0.4, 0.5) is 5.69 Å². The van der Waals surface area contributed by atoms with Gasteiger partial charge in [-0.15, -0.1) is 12.4 Å². The summed E-state index contributed by atoms with van der Waals surface area (Å²) in [4.78, 5) is 13.0. The Bertz CT molecular complexity index is 515. The maximum absolute atomic E-state index is 11.1. The largest absolute Gasteiger partial charge is 0.496 e. The molecule has 1 aromatic carbocycles. The van der Waals surface area contributed by atoms with Gasteiger partial charge in [-0.1, -0.05) is 0 Å². The van der Waals surface area contributed by atoms with Crippen LogP contribution in [0.3, 0.4) is 0 Å². The lowest BCUT2D eigenvalue weighted by Crippen LogP contribution is -2.45. The molecule has 0 bridgehead atoms. The smallest absolute Gasteiger partial charge is 0.314 e. The molecule has 0 aromatic heterocycles. The molecule has 1 aliphatic rings. The lowest BCUT2D eigenvalue weighted by Gasteiger charge is -2.32. The molecule has 1 N–H and O–H groups in total. The molecule has 23 heavy (non-hydrogen) atoms. The van der Waals surface area contributed by atoms with Gasteiger partial charge >= 0.3 is 5.69 Å². The molecule has 2 rings (SSSR count). The van der Waals surface area contributed by atoms with Crippen LogP contribution in [0.1, 0.15) is 12.8 Å². The molecule has 0 radical (unpaired) electrons. The number of nitro groups is 1. The zero-order valence-electron chi connectivity index (χ0n) is 13.5. The average Bonchev–Trinajstić information content (AvgIpc) is 2.55. The maximum atomic E-state index is 11.1. The Balaban J connectivity index is 0.00000264. The van der Waals surface area contributed by atoms with E-state index in [2.05, 4.69) is 10.2 Å². The molecule has 1 saturated heterocycles. The topological polar surface area (TPSA) is 76.9 Å². The van der Waals surface area contributed by atoms with Gasteiger partial charge in [0.1, 0.15) is 12.4 Å². The van der Waals surface area contributed by atoms with Crippen LogP contribution in [-0.4, -0.2) is 56.3 Å². The Morgan fingerprint density at radius 2 is 2.26 bits per heavy atom. The van der Waals surface area contributed by atoms with Gasteiger partial charge in [-0.05, 0) is 38.6 Å². The van der Waals surface area contributed by atoms with Crippen molar-refractivity contribution in [3.63, 3.8) is 0 Å². The number of rotatable bonds is 7. The van der Waals surface area contributed by atoms with E-state index < -0.39 is 4.92 Å². The minimum Gasteiger partial charge on any atom is -0.496 e. The quantitative estimate of drug-likeness (QED) is 0.602. The van der Waals surface area contributed by atoms with Crippen LogP contribution in [0.15, 0.2) is 18.2 Å². The van der Waals surface area contributed by atoms with Gasteiger partial charge in [-0.3, -0.25) is 15.0 Å². The third-order valence-corrected chi connectivity index (χ3v) is 3.94. The molecule has 130 valence electrons. The number of halogens is 1. The van der Waals surface area contributed by atoms with Crippen molar-refractivity contribution in [1.82, 2.24) is 10.2 Å². The number of benzene rings is 1. The van der Waals surface area contributed by atoms with Crippen molar-refractivity contribution in [3.8, 4) is 11.5 Å². The first kappa shape index (κ1) is 19.5. The van der Waals surface area contributed by atoms with E-state index in [4.69, 9.17) is 9.47 Å². The van der Waals surface area contributed by atoms with E-state index >= 15 is 0 Å². The summed E-state index contributed by atoms with van der Waals surface area (Å²) < 4.78 is 10.6. The molecule has 8 heteroatoms. The second kappa shape index (κ2) is 9.54. The predicted octanol–water partition coefficient (Wildman–Crippen LogP) is 2.09. The zero-order valence-corrected chi connectivity index (χ0v) is 14.3.